The van der Waals surface area contributed by atoms with Crippen LogP contribution in [-0.2, 0) is 7.05 Å². The van der Waals surface area contributed by atoms with Crippen molar-refractivity contribution in [1.29, 1.82) is 0 Å². The molecule has 0 saturated heterocycles. The van der Waals surface area contributed by atoms with Crippen LogP contribution in [0.25, 0.3) is 43.6 Å². The number of pyridine rings is 1. The molecule has 0 atom stereocenters. The highest BCUT2D eigenvalue weighted by atomic mass is 35.5. The Morgan fingerprint density at radius 2 is 1.55 bits per heavy atom. The Balaban J connectivity index is 0.00000228. The van der Waals surface area contributed by atoms with Crippen LogP contribution in [0, 0.1) is 0 Å². The van der Waals surface area contributed by atoms with E-state index in [1.807, 2.05) is 24.3 Å². The molecule has 0 unspecified atom stereocenters. The van der Waals surface area contributed by atoms with Crippen molar-refractivity contribution in [2.45, 2.75) is 0 Å². The molecule has 1 aliphatic heterocycles. The molecular formula is C27H22ClNO4. The molecule has 0 amide bonds. The predicted octanol–water partition coefficient (Wildman–Crippen LogP) is 2.39. The minimum Gasteiger partial charge on any atom is -1.00 e. The number of benzene rings is 4. The molecule has 0 bridgehead atoms. The van der Waals surface area contributed by atoms with E-state index in [1.165, 1.54) is 0 Å². The fourth-order valence-electron chi connectivity index (χ4n) is 4.87. The smallest absolute Gasteiger partial charge is 0.231 e. The van der Waals surface area contributed by atoms with E-state index in [0.29, 0.717) is 5.75 Å². The number of aromatic nitrogens is 1. The molecule has 0 fully saturated rings. The van der Waals surface area contributed by atoms with Gasteiger partial charge in [0.25, 0.3) is 0 Å². The molecule has 4 aromatic carbocycles. The zero-order valence-corrected chi connectivity index (χ0v) is 19.3. The lowest BCUT2D eigenvalue weighted by Gasteiger charge is -2.17. The molecular weight excluding hydrogens is 438 g/mol. The second-order valence-corrected chi connectivity index (χ2v) is 7.91. The summed E-state index contributed by atoms with van der Waals surface area (Å²) in [5.74, 6) is 3.03. The fourth-order valence-corrected chi connectivity index (χ4v) is 4.87. The lowest BCUT2D eigenvalue weighted by atomic mass is 9.93. The van der Waals surface area contributed by atoms with Gasteiger partial charge in [0.05, 0.1) is 30.4 Å². The van der Waals surface area contributed by atoms with Crippen molar-refractivity contribution in [1.82, 2.24) is 0 Å². The Kier molecular flexibility index (Phi) is 5.14. The van der Waals surface area contributed by atoms with Gasteiger partial charge in [0.2, 0.25) is 12.3 Å². The average Bonchev–Trinajstić information content (AvgIpc) is 3.32. The van der Waals surface area contributed by atoms with E-state index in [9.17, 15) is 0 Å². The number of nitrogens with zero attached hydrogens (tertiary/aromatic N) is 1. The topological polar surface area (TPSA) is 40.8 Å². The molecule has 0 saturated carbocycles. The summed E-state index contributed by atoms with van der Waals surface area (Å²) >= 11 is 0. The van der Waals surface area contributed by atoms with Crippen LogP contribution in [0.3, 0.4) is 0 Å². The van der Waals surface area contributed by atoms with Gasteiger partial charge in [-0.05, 0) is 29.8 Å². The van der Waals surface area contributed by atoms with Crippen molar-refractivity contribution < 1.29 is 35.9 Å². The number of aryl methyl sites for hydroxylation is 1. The van der Waals surface area contributed by atoms with Crippen molar-refractivity contribution >= 4 is 32.4 Å². The van der Waals surface area contributed by atoms with Gasteiger partial charge in [-0.2, -0.15) is 4.57 Å². The third-order valence-electron chi connectivity index (χ3n) is 6.24. The van der Waals surface area contributed by atoms with E-state index in [-0.39, 0.29) is 19.2 Å². The summed E-state index contributed by atoms with van der Waals surface area (Å²) < 4.78 is 25.1. The van der Waals surface area contributed by atoms with E-state index in [2.05, 4.69) is 54.2 Å². The summed E-state index contributed by atoms with van der Waals surface area (Å²) in [6.07, 6.45) is 2.11. The molecule has 6 heteroatoms. The maximum absolute atomic E-state index is 5.83. The lowest BCUT2D eigenvalue weighted by molar-refractivity contribution is -0.642. The minimum absolute atomic E-state index is 0. The third-order valence-corrected chi connectivity index (χ3v) is 6.24. The van der Waals surface area contributed by atoms with Crippen molar-refractivity contribution in [3.63, 3.8) is 0 Å². The molecule has 2 heterocycles. The van der Waals surface area contributed by atoms with Gasteiger partial charge >= 0.3 is 0 Å². The van der Waals surface area contributed by atoms with E-state index >= 15 is 0 Å². The fraction of sp³-hybridized carbons (Fsp3) is 0.148. The average molecular weight is 460 g/mol. The number of rotatable bonds is 3. The highest BCUT2D eigenvalue weighted by molar-refractivity contribution is 6.18. The number of methoxy groups -OCH3 is 2. The second-order valence-electron chi connectivity index (χ2n) is 7.91. The van der Waals surface area contributed by atoms with Crippen LogP contribution in [0.2, 0.25) is 0 Å². The normalized spacial score (nSPS) is 12.2. The van der Waals surface area contributed by atoms with Gasteiger partial charge in [0.1, 0.15) is 7.05 Å². The van der Waals surface area contributed by atoms with E-state index in [0.717, 1.165) is 60.8 Å². The summed E-state index contributed by atoms with van der Waals surface area (Å²) in [5.41, 5.74) is 3.22. The van der Waals surface area contributed by atoms with E-state index in [4.69, 9.17) is 18.9 Å². The van der Waals surface area contributed by atoms with Crippen LogP contribution in [-0.4, -0.2) is 21.0 Å². The summed E-state index contributed by atoms with van der Waals surface area (Å²) in [7, 11) is 5.43. The van der Waals surface area contributed by atoms with Crippen molar-refractivity contribution in [2.75, 3.05) is 21.0 Å². The van der Waals surface area contributed by atoms with Crippen LogP contribution in [0.5, 0.6) is 23.0 Å². The Bertz CT molecular complexity index is 1530. The summed E-state index contributed by atoms with van der Waals surface area (Å²) in [4.78, 5) is 0. The first-order chi connectivity index (χ1) is 15.7. The molecule has 0 spiro atoms. The van der Waals surface area contributed by atoms with Gasteiger partial charge in [-0.25, -0.2) is 0 Å². The molecule has 166 valence electrons. The molecule has 5 aromatic rings. The molecule has 0 radical (unpaired) electrons. The van der Waals surface area contributed by atoms with Gasteiger partial charge in [0, 0.05) is 16.3 Å². The number of halogens is 1. The summed E-state index contributed by atoms with van der Waals surface area (Å²) in [6.45, 7) is 0.255. The zero-order chi connectivity index (χ0) is 21.8. The molecule has 6 rings (SSSR count). The highest BCUT2D eigenvalue weighted by Crippen LogP contribution is 2.46. The monoisotopic (exact) mass is 459 g/mol. The highest BCUT2D eigenvalue weighted by Gasteiger charge is 2.25. The molecule has 33 heavy (non-hydrogen) atoms. The first-order valence-corrected chi connectivity index (χ1v) is 10.5. The summed E-state index contributed by atoms with van der Waals surface area (Å²) in [6, 6.07) is 20.8. The lowest BCUT2D eigenvalue weighted by Crippen LogP contribution is -3.00. The van der Waals surface area contributed by atoms with Gasteiger partial charge in [-0.3, -0.25) is 0 Å². The Labute approximate surface area is 197 Å². The Hall–Kier alpha value is -3.70. The molecule has 0 N–H and O–H groups in total. The van der Waals surface area contributed by atoms with Crippen LogP contribution in [0.1, 0.15) is 0 Å². The van der Waals surface area contributed by atoms with Gasteiger partial charge in [-0.1, -0.05) is 36.4 Å². The minimum atomic E-state index is 0. The van der Waals surface area contributed by atoms with Gasteiger partial charge in [-0.15, -0.1) is 0 Å². The van der Waals surface area contributed by atoms with Gasteiger partial charge < -0.3 is 31.4 Å². The first-order valence-electron chi connectivity index (χ1n) is 10.5. The largest absolute Gasteiger partial charge is 1.00 e. The predicted molar refractivity (Wildman–Crippen MR) is 125 cm³/mol. The Morgan fingerprint density at radius 1 is 0.788 bits per heavy atom. The van der Waals surface area contributed by atoms with Crippen LogP contribution in [0.4, 0.5) is 0 Å². The number of hydrogen-bond donors (Lipinski definition) is 0. The van der Waals surface area contributed by atoms with E-state index in [1.54, 1.807) is 14.2 Å². The van der Waals surface area contributed by atoms with Crippen molar-refractivity contribution in [2.24, 2.45) is 7.05 Å². The first kappa shape index (κ1) is 21.2. The maximum Gasteiger partial charge on any atom is 0.231 e. The summed E-state index contributed by atoms with van der Waals surface area (Å²) in [5, 5.41) is 5.51. The molecule has 5 nitrogen and oxygen atoms in total. The second kappa shape index (κ2) is 8.01. The number of fused-ring (bicyclic) bond motifs is 7. The van der Waals surface area contributed by atoms with Gasteiger partial charge in [0.15, 0.2) is 29.2 Å². The van der Waals surface area contributed by atoms with E-state index < -0.39 is 0 Å². The van der Waals surface area contributed by atoms with Crippen molar-refractivity contribution in [3.05, 3.63) is 66.9 Å². The third kappa shape index (κ3) is 3.04. The Morgan fingerprint density at radius 3 is 2.30 bits per heavy atom. The number of hydrogen-bond acceptors (Lipinski definition) is 4. The molecule has 1 aromatic heterocycles. The maximum atomic E-state index is 5.83. The quantitative estimate of drug-likeness (QED) is 0.307. The van der Waals surface area contributed by atoms with Crippen LogP contribution < -0.4 is 35.9 Å². The standard InChI is InChI=1S/C27H22NO4.ClH/c1-28-14-21-17(11-12-22-26(21)32-15-31-22)19-10-9-18-20(25(19)28)13-23(29-2)27(30-3)24(18)16-7-5-4-6-8-16;/h4-14H,15H2,1-3H3;1H/q+1;/p-1. The van der Waals surface area contributed by atoms with Crippen molar-refractivity contribution in [3.8, 4) is 34.1 Å². The zero-order valence-electron chi connectivity index (χ0n) is 18.5. The SMILES string of the molecule is COc1cc2c(ccc3c4ccc5c(c4c[n+](C)c23)OCO5)c(-c2ccccc2)c1OC.[Cl-]. The molecule has 0 aliphatic carbocycles. The van der Waals surface area contributed by atoms with Crippen LogP contribution in [0.15, 0.2) is 66.9 Å². The molecule has 1 aliphatic rings. The number of ether oxygens (including phenoxy) is 4. The van der Waals surface area contributed by atoms with Crippen LogP contribution >= 0.6 is 0 Å².